The van der Waals surface area contributed by atoms with Gasteiger partial charge >= 0.3 is 0 Å². The number of likely N-dealkylation sites (tertiary alicyclic amines) is 1. The molecule has 1 aromatic heterocycles. The van der Waals surface area contributed by atoms with Crippen LogP contribution < -0.4 is 5.32 Å². The monoisotopic (exact) mass is 306 g/mol. The zero-order valence-electron chi connectivity index (χ0n) is 11.4. The molecular formula is C16H19ClN2S. The fourth-order valence-electron chi connectivity index (χ4n) is 3.53. The number of hydrogen-bond donors (Lipinski definition) is 1. The third kappa shape index (κ3) is 2.37. The molecule has 2 atom stereocenters. The van der Waals surface area contributed by atoms with Crippen LogP contribution in [0.4, 0.5) is 0 Å². The summed E-state index contributed by atoms with van der Waals surface area (Å²) in [4.78, 5) is 3.90. The highest BCUT2D eigenvalue weighted by atomic mass is 35.5. The molecule has 2 aliphatic heterocycles. The zero-order chi connectivity index (χ0) is 13.5. The van der Waals surface area contributed by atoms with Crippen LogP contribution in [0.25, 0.3) is 10.1 Å². The highest BCUT2D eigenvalue weighted by molar-refractivity contribution is 7.19. The Bertz CT molecular complexity index is 624. The second-order valence-corrected chi connectivity index (χ2v) is 7.51. The Morgan fingerprint density at radius 1 is 1.20 bits per heavy atom. The molecule has 2 aromatic rings. The average molecular weight is 307 g/mol. The molecule has 1 aromatic carbocycles. The summed E-state index contributed by atoms with van der Waals surface area (Å²) < 4.78 is 1.31. The first-order valence-electron chi connectivity index (χ1n) is 7.44. The van der Waals surface area contributed by atoms with Crippen molar-refractivity contribution in [1.82, 2.24) is 10.2 Å². The Balaban J connectivity index is 1.56. The summed E-state index contributed by atoms with van der Waals surface area (Å²) >= 11 is 8.41. The van der Waals surface area contributed by atoms with Crippen molar-refractivity contribution < 1.29 is 0 Å². The van der Waals surface area contributed by atoms with Gasteiger partial charge in [-0.2, -0.15) is 0 Å². The van der Waals surface area contributed by atoms with Crippen LogP contribution in [0.15, 0.2) is 24.3 Å². The van der Waals surface area contributed by atoms with Crippen LogP contribution >= 0.6 is 22.9 Å². The van der Waals surface area contributed by atoms with Gasteiger partial charge in [-0.25, -0.2) is 0 Å². The van der Waals surface area contributed by atoms with Crippen molar-refractivity contribution in [2.45, 2.75) is 37.9 Å². The molecule has 0 radical (unpaired) electrons. The molecule has 20 heavy (non-hydrogen) atoms. The van der Waals surface area contributed by atoms with Crippen molar-refractivity contribution in [3.8, 4) is 0 Å². The molecule has 2 nitrogen and oxygen atoms in total. The van der Waals surface area contributed by atoms with Crippen molar-refractivity contribution in [2.24, 2.45) is 0 Å². The summed E-state index contributed by atoms with van der Waals surface area (Å²) in [6.45, 7) is 3.36. The molecule has 2 aliphatic rings. The first-order chi connectivity index (χ1) is 9.79. The van der Waals surface area contributed by atoms with E-state index in [-0.39, 0.29) is 0 Å². The number of fused-ring (bicyclic) bond motifs is 3. The van der Waals surface area contributed by atoms with Crippen LogP contribution in [0.3, 0.4) is 0 Å². The van der Waals surface area contributed by atoms with E-state index in [0.29, 0.717) is 6.04 Å². The van der Waals surface area contributed by atoms with Crippen LogP contribution in [0.1, 0.15) is 24.1 Å². The summed E-state index contributed by atoms with van der Waals surface area (Å²) in [6.07, 6.45) is 3.97. The maximum Gasteiger partial charge on any atom is 0.0637 e. The van der Waals surface area contributed by atoms with Gasteiger partial charge in [0.15, 0.2) is 0 Å². The van der Waals surface area contributed by atoms with E-state index in [4.69, 9.17) is 11.6 Å². The lowest BCUT2D eigenvalue weighted by atomic mass is 10.1. The normalized spacial score (nSPS) is 27.1. The minimum absolute atomic E-state index is 0.690. The Morgan fingerprint density at radius 2 is 2.05 bits per heavy atom. The topological polar surface area (TPSA) is 15.3 Å². The van der Waals surface area contributed by atoms with Crippen molar-refractivity contribution >= 4 is 33.0 Å². The number of rotatable bonds is 2. The lowest BCUT2D eigenvalue weighted by molar-refractivity contribution is 0.253. The van der Waals surface area contributed by atoms with Gasteiger partial charge in [-0.15, -0.1) is 11.3 Å². The van der Waals surface area contributed by atoms with E-state index in [0.717, 1.165) is 17.6 Å². The van der Waals surface area contributed by atoms with E-state index in [9.17, 15) is 0 Å². The minimum atomic E-state index is 0.690. The van der Waals surface area contributed by atoms with Gasteiger partial charge in [0.05, 0.1) is 5.02 Å². The molecule has 4 heteroatoms. The minimum Gasteiger partial charge on any atom is -0.310 e. The highest BCUT2D eigenvalue weighted by Crippen LogP contribution is 2.36. The predicted molar refractivity (Wildman–Crippen MR) is 86.7 cm³/mol. The van der Waals surface area contributed by atoms with Gasteiger partial charge in [0.2, 0.25) is 0 Å². The SMILES string of the molecule is Clc1c(CN2CCC3CCC(C2)N3)sc2ccccc12. The molecule has 2 fully saturated rings. The lowest BCUT2D eigenvalue weighted by Gasteiger charge is -2.23. The quantitative estimate of drug-likeness (QED) is 0.906. The fourth-order valence-corrected chi connectivity index (χ4v) is 5.06. The molecule has 0 amide bonds. The summed E-state index contributed by atoms with van der Waals surface area (Å²) in [7, 11) is 0. The van der Waals surface area contributed by atoms with Crippen LogP contribution in [0.5, 0.6) is 0 Å². The molecule has 0 spiro atoms. The van der Waals surface area contributed by atoms with E-state index in [1.165, 1.54) is 47.3 Å². The molecule has 0 saturated carbocycles. The van der Waals surface area contributed by atoms with Gasteiger partial charge in [0.25, 0.3) is 0 Å². The molecule has 4 rings (SSSR count). The number of nitrogens with one attached hydrogen (secondary N) is 1. The molecular weight excluding hydrogens is 288 g/mol. The van der Waals surface area contributed by atoms with Gasteiger partial charge in [0.1, 0.15) is 0 Å². The second kappa shape index (κ2) is 5.30. The van der Waals surface area contributed by atoms with Gasteiger partial charge in [-0.05, 0) is 25.3 Å². The largest absolute Gasteiger partial charge is 0.310 e. The summed E-state index contributed by atoms with van der Waals surface area (Å²) in [5, 5.41) is 5.92. The van der Waals surface area contributed by atoms with Gasteiger partial charge in [-0.3, -0.25) is 4.90 Å². The third-order valence-corrected chi connectivity index (χ3v) is 6.28. The summed E-state index contributed by atoms with van der Waals surface area (Å²) in [5.41, 5.74) is 0. The van der Waals surface area contributed by atoms with Crippen LogP contribution in [-0.2, 0) is 6.54 Å². The van der Waals surface area contributed by atoms with E-state index < -0.39 is 0 Å². The van der Waals surface area contributed by atoms with Crippen molar-refractivity contribution in [3.63, 3.8) is 0 Å². The van der Waals surface area contributed by atoms with Gasteiger partial charge in [-0.1, -0.05) is 29.8 Å². The standard InChI is InChI=1S/C16H19ClN2S/c17-16-13-3-1-2-4-14(13)20-15(16)10-19-8-7-11-5-6-12(9-19)18-11/h1-4,11-12,18H,5-10H2. The first-order valence-corrected chi connectivity index (χ1v) is 8.63. The molecule has 2 bridgehead atoms. The molecule has 2 unspecified atom stereocenters. The Morgan fingerprint density at radius 3 is 2.95 bits per heavy atom. The Kier molecular flexibility index (Phi) is 3.47. The zero-order valence-corrected chi connectivity index (χ0v) is 13.0. The highest BCUT2D eigenvalue weighted by Gasteiger charge is 2.29. The number of halogens is 1. The van der Waals surface area contributed by atoms with Gasteiger partial charge < -0.3 is 5.32 Å². The number of thiophene rings is 1. The van der Waals surface area contributed by atoms with E-state index in [1.807, 2.05) is 11.3 Å². The molecule has 106 valence electrons. The van der Waals surface area contributed by atoms with Crippen LogP contribution in [0, 0.1) is 0 Å². The predicted octanol–water partition coefficient (Wildman–Crippen LogP) is 3.88. The Hall–Kier alpha value is -0.610. The van der Waals surface area contributed by atoms with Gasteiger partial charge in [0, 0.05) is 46.7 Å². The van der Waals surface area contributed by atoms with E-state index in [2.05, 4.69) is 34.5 Å². The van der Waals surface area contributed by atoms with Crippen molar-refractivity contribution in [2.75, 3.05) is 13.1 Å². The number of nitrogens with zero attached hydrogens (tertiary/aromatic N) is 1. The summed E-state index contributed by atoms with van der Waals surface area (Å²) in [6, 6.07) is 9.90. The molecule has 2 saturated heterocycles. The average Bonchev–Trinajstić information content (AvgIpc) is 2.94. The van der Waals surface area contributed by atoms with Crippen molar-refractivity contribution in [3.05, 3.63) is 34.2 Å². The van der Waals surface area contributed by atoms with Crippen LogP contribution in [0.2, 0.25) is 5.02 Å². The second-order valence-electron chi connectivity index (χ2n) is 6.00. The number of benzene rings is 1. The maximum absolute atomic E-state index is 6.56. The first kappa shape index (κ1) is 13.1. The van der Waals surface area contributed by atoms with E-state index in [1.54, 1.807) is 0 Å². The molecule has 1 N–H and O–H groups in total. The van der Waals surface area contributed by atoms with Crippen LogP contribution in [-0.4, -0.2) is 30.1 Å². The third-order valence-electron chi connectivity index (χ3n) is 4.58. The Labute approximate surface area is 128 Å². The summed E-state index contributed by atoms with van der Waals surface area (Å²) in [5.74, 6) is 0. The lowest BCUT2D eigenvalue weighted by Crippen LogP contribution is -2.34. The molecule has 3 heterocycles. The maximum atomic E-state index is 6.56. The fraction of sp³-hybridized carbons (Fsp3) is 0.500. The molecule has 0 aliphatic carbocycles. The number of hydrogen-bond acceptors (Lipinski definition) is 3. The smallest absolute Gasteiger partial charge is 0.0637 e. The van der Waals surface area contributed by atoms with E-state index >= 15 is 0 Å². The van der Waals surface area contributed by atoms with Crippen molar-refractivity contribution in [1.29, 1.82) is 0 Å².